The monoisotopic (exact) mass is 467 g/mol. The molecule has 180 valence electrons. The molecule has 0 spiro atoms. The fourth-order valence-corrected chi connectivity index (χ4v) is 4.58. The first-order valence-electron chi connectivity index (χ1n) is 12.2. The van der Waals surface area contributed by atoms with Crippen LogP contribution in [-0.4, -0.2) is 36.3 Å². The van der Waals surface area contributed by atoms with Crippen molar-refractivity contribution in [1.29, 1.82) is 0 Å². The van der Waals surface area contributed by atoms with Gasteiger partial charge in [-0.25, -0.2) is 0 Å². The van der Waals surface area contributed by atoms with Gasteiger partial charge in [0, 0.05) is 50.4 Å². The number of benzene rings is 4. The third-order valence-corrected chi connectivity index (χ3v) is 6.43. The van der Waals surface area contributed by atoms with Crippen LogP contribution >= 0.6 is 0 Å². The molecule has 0 saturated heterocycles. The molecule has 0 aliphatic carbocycles. The predicted molar refractivity (Wildman–Crippen MR) is 147 cm³/mol. The second-order valence-corrected chi connectivity index (χ2v) is 8.83. The van der Waals surface area contributed by atoms with Crippen LogP contribution in [0.1, 0.15) is 43.3 Å². The molecule has 4 aromatic rings. The Morgan fingerprint density at radius 2 is 1.20 bits per heavy atom. The number of nitrogens with zero attached hydrogens (tertiary/aromatic N) is 1. The van der Waals surface area contributed by atoms with Crippen LogP contribution < -0.4 is 10.6 Å². The SMILES string of the molecule is CCCNc1ccc(-c2ccc(NCCCN3C(=O)c4cccc5cccc(c45)C3=O)cc2)cc1.[HH].[HH]. The van der Waals surface area contributed by atoms with Crippen molar-refractivity contribution in [3.63, 3.8) is 0 Å². The predicted octanol–water partition coefficient (Wildman–Crippen LogP) is 6.92. The second-order valence-electron chi connectivity index (χ2n) is 8.83. The number of hydrogen-bond donors (Lipinski definition) is 2. The number of anilines is 2. The topological polar surface area (TPSA) is 61.4 Å². The highest BCUT2D eigenvalue weighted by atomic mass is 16.2. The summed E-state index contributed by atoms with van der Waals surface area (Å²) in [6.45, 7) is 4.18. The van der Waals surface area contributed by atoms with Crippen LogP contribution in [0.15, 0.2) is 84.9 Å². The van der Waals surface area contributed by atoms with Crippen LogP contribution in [0, 0.1) is 0 Å². The molecule has 0 bridgehead atoms. The third-order valence-electron chi connectivity index (χ3n) is 6.43. The van der Waals surface area contributed by atoms with E-state index in [2.05, 4.69) is 66.1 Å². The Bertz CT molecular complexity index is 1320. The number of carbonyl (C=O) groups excluding carboxylic acids is 2. The molecule has 35 heavy (non-hydrogen) atoms. The minimum Gasteiger partial charge on any atom is -0.385 e. The number of nitrogens with one attached hydrogen (secondary N) is 2. The Kier molecular flexibility index (Phi) is 6.49. The minimum absolute atomic E-state index is 0. The number of amides is 2. The van der Waals surface area contributed by atoms with Gasteiger partial charge in [0.25, 0.3) is 11.8 Å². The van der Waals surface area contributed by atoms with Crippen LogP contribution in [-0.2, 0) is 0 Å². The maximum Gasteiger partial charge on any atom is 0.261 e. The van der Waals surface area contributed by atoms with E-state index in [4.69, 9.17) is 0 Å². The van der Waals surface area contributed by atoms with Gasteiger partial charge in [0.05, 0.1) is 0 Å². The summed E-state index contributed by atoms with van der Waals surface area (Å²) in [5.74, 6) is -0.417. The minimum atomic E-state index is -0.209. The normalized spacial score (nSPS) is 12.8. The Hall–Kier alpha value is -4.12. The molecule has 5 heteroatoms. The van der Waals surface area contributed by atoms with Crippen LogP contribution in [0.5, 0.6) is 0 Å². The first-order chi connectivity index (χ1) is 17.2. The lowest BCUT2D eigenvalue weighted by Crippen LogP contribution is -2.41. The Morgan fingerprint density at radius 1 is 0.686 bits per heavy atom. The Morgan fingerprint density at radius 3 is 1.71 bits per heavy atom. The summed E-state index contributed by atoms with van der Waals surface area (Å²) in [4.78, 5) is 27.4. The van der Waals surface area contributed by atoms with Gasteiger partial charge in [-0.2, -0.15) is 0 Å². The van der Waals surface area contributed by atoms with Gasteiger partial charge in [0.15, 0.2) is 0 Å². The quantitative estimate of drug-likeness (QED) is 0.207. The molecule has 0 radical (unpaired) electrons. The fourth-order valence-electron chi connectivity index (χ4n) is 4.58. The number of carbonyl (C=O) groups is 2. The Balaban J connectivity index is 0.00000190. The Labute approximate surface area is 208 Å². The van der Waals surface area contributed by atoms with Crippen molar-refractivity contribution < 1.29 is 12.4 Å². The van der Waals surface area contributed by atoms with Crippen LogP contribution in [0.4, 0.5) is 11.4 Å². The molecule has 1 heterocycles. The van der Waals surface area contributed by atoms with E-state index in [0.717, 1.165) is 40.7 Å². The average molecular weight is 468 g/mol. The highest BCUT2D eigenvalue weighted by molar-refractivity contribution is 6.25. The van der Waals surface area contributed by atoms with Gasteiger partial charge in [0.1, 0.15) is 0 Å². The first-order valence-corrected chi connectivity index (χ1v) is 12.2. The summed E-state index contributed by atoms with van der Waals surface area (Å²) in [7, 11) is 0. The van der Waals surface area contributed by atoms with E-state index in [1.165, 1.54) is 10.5 Å². The molecule has 2 amide bonds. The molecule has 0 saturated carbocycles. The molecule has 5 rings (SSSR count). The summed E-state index contributed by atoms with van der Waals surface area (Å²) in [5, 5.41) is 8.49. The van der Waals surface area contributed by atoms with Gasteiger partial charge in [-0.15, -0.1) is 0 Å². The molecule has 0 atom stereocenters. The van der Waals surface area contributed by atoms with E-state index in [0.29, 0.717) is 30.6 Å². The number of hydrogen-bond acceptors (Lipinski definition) is 4. The fraction of sp³-hybridized carbons (Fsp3) is 0.200. The number of imide groups is 1. The zero-order valence-electron chi connectivity index (χ0n) is 19.9. The lowest BCUT2D eigenvalue weighted by Gasteiger charge is -2.27. The van der Waals surface area contributed by atoms with Crippen molar-refractivity contribution in [3.8, 4) is 11.1 Å². The smallest absolute Gasteiger partial charge is 0.261 e. The van der Waals surface area contributed by atoms with E-state index in [1.807, 2.05) is 36.4 Å². The maximum absolute atomic E-state index is 13.0. The van der Waals surface area contributed by atoms with Gasteiger partial charge in [0.2, 0.25) is 0 Å². The largest absolute Gasteiger partial charge is 0.385 e. The molecule has 2 N–H and O–H groups in total. The van der Waals surface area contributed by atoms with Crippen LogP contribution in [0.2, 0.25) is 0 Å². The van der Waals surface area contributed by atoms with E-state index in [9.17, 15) is 9.59 Å². The van der Waals surface area contributed by atoms with Crippen molar-refractivity contribution in [2.75, 3.05) is 30.3 Å². The van der Waals surface area contributed by atoms with E-state index < -0.39 is 0 Å². The molecule has 5 nitrogen and oxygen atoms in total. The van der Waals surface area contributed by atoms with Crippen molar-refractivity contribution in [2.24, 2.45) is 0 Å². The molecule has 0 fully saturated rings. The van der Waals surface area contributed by atoms with Crippen LogP contribution in [0.3, 0.4) is 0 Å². The molecule has 0 unspecified atom stereocenters. The van der Waals surface area contributed by atoms with Crippen molar-refractivity contribution in [1.82, 2.24) is 4.90 Å². The first kappa shape index (κ1) is 22.7. The van der Waals surface area contributed by atoms with Gasteiger partial charge < -0.3 is 10.6 Å². The lowest BCUT2D eigenvalue weighted by molar-refractivity contribution is 0.0610. The number of rotatable bonds is 9. The summed E-state index contributed by atoms with van der Waals surface area (Å²) < 4.78 is 0. The van der Waals surface area contributed by atoms with Crippen molar-refractivity contribution in [2.45, 2.75) is 19.8 Å². The summed E-state index contributed by atoms with van der Waals surface area (Å²) in [6.07, 6.45) is 1.77. The molecule has 0 aromatic heterocycles. The van der Waals surface area contributed by atoms with Gasteiger partial charge in [-0.1, -0.05) is 55.5 Å². The van der Waals surface area contributed by atoms with Crippen molar-refractivity contribution in [3.05, 3.63) is 96.1 Å². The van der Waals surface area contributed by atoms with E-state index in [-0.39, 0.29) is 14.7 Å². The summed E-state index contributed by atoms with van der Waals surface area (Å²) in [6, 6.07) is 28.0. The van der Waals surface area contributed by atoms with Crippen LogP contribution in [0.25, 0.3) is 21.9 Å². The summed E-state index contributed by atoms with van der Waals surface area (Å²) in [5.41, 5.74) is 5.71. The second kappa shape index (κ2) is 10.0. The molecule has 1 aliphatic heterocycles. The van der Waals surface area contributed by atoms with Crippen molar-refractivity contribution >= 4 is 34.0 Å². The standard InChI is InChI=1S/C30H29N3O2.2H2/c1-2-18-31-24-14-10-21(11-15-24)22-12-16-25(17-13-22)32-19-5-20-33-29(34)26-8-3-6-23-7-4-9-27(28(23)26)30(33)35;;/h3-4,6-17,31-32H,2,5,18-20H2,1H3;2*1H. The highest BCUT2D eigenvalue weighted by Crippen LogP contribution is 2.30. The zero-order chi connectivity index (χ0) is 24.2. The summed E-state index contributed by atoms with van der Waals surface area (Å²) >= 11 is 0. The lowest BCUT2D eigenvalue weighted by atomic mass is 9.94. The van der Waals surface area contributed by atoms with Gasteiger partial charge in [-0.3, -0.25) is 14.5 Å². The van der Waals surface area contributed by atoms with E-state index >= 15 is 0 Å². The van der Waals surface area contributed by atoms with E-state index in [1.54, 1.807) is 0 Å². The van der Waals surface area contributed by atoms with Gasteiger partial charge >= 0.3 is 0 Å². The highest BCUT2D eigenvalue weighted by Gasteiger charge is 2.31. The molecular formula is C30H33N3O2. The maximum atomic E-state index is 13.0. The molecular weight excluding hydrogens is 434 g/mol. The third kappa shape index (κ3) is 4.62. The zero-order valence-corrected chi connectivity index (χ0v) is 19.9. The van der Waals surface area contributed by atoms with Gasteiger partial charge in [-0.05, 0) is 65.8 Å². The molecule has 4 aromatic carbocycles. The average Bonchev–Trinajstić information content (AvgIpc) is 2.90. The molecule has 1 aliphatic rings.